The predicted molar refractivity (Wildman–Crippen MR) is 113 cm³/mol. The van der Waals surface area contributed by atoms with Crippen molar-refractivity contribution in [1.29, 1.82) is 0 Å². The van der Waals surface area contributed by atoms with Gasteiger partial charge in [0.2, 0.25) is 0 Å². The molecule has 2 aromatic carbocycles. The molecule has 5 heteroatoms. The third-order valence-electron chi connectivity index (χ3n) is 4.45. The Morgan fingerprint density at radius 3 is 2.33 bits per heavy atom. The molecule has 2 aromatic rings. The van der Waals surface area contributed by atoms with Crippen LogP contribution in [0.1, 0.15) is 35.8 Å². The molecule has 24 heavy (non-hydrogen) atoms. The fraction of sp³-hybridized carbons (Fsp3) is 0.316. The van der Waals surface area contributed by atoms with Crippen LogP contribution in [0.15, 0.2) is 48.5 Å². The van der Waals surface area contributed by atoms with Gasteiger partial charge >= 0.3 is 0 Å². The molecule has 2 atom stereocenters. The Bertz CT molecular complexity index is 696. The number of carbonyl (C=O) groups excluding carboxylic acids is 1. The van der Waals surface area contributed by atoms with Crippen LogP contribution in [-0.4, -0.2) is 30.4 Å². The fourth-order valence-corrected chi connectivity index (χ4v) is 3.92. The summed E-state index contributed by atoms with van der Waals surface area (Å²) in [5, 5.41) is 4.24. The summed E-state index contributed by atoms with van der Waals surface area (Å²) < 4.78 is 1.05. The van der Waals surface area contributed by atoms with E-state index in [0.29, 0.717) is 5.56 Å². The molecule has 2 rings (SSSR count). The SMILES string of the molecule is CN(C)C(C)(C)C(NC(=O)c1cc(P)cc(I)c1)c1ccccc1. The summed E-state index contributed by atoms with van der Waals surface area (Å²) in [6, 6.07) is 15.8. The molecule has 0 heterocycles. The second-order valence-electron chi connectivity index (χ2n) is 6.64. The average molecular weight is 454 g/mol. The molecule has 3 nitrogen and oxygen atoms in total. The third kappa shape index (κ3) is 4.56. The summed E-state index contributed by atoms with van der Waals surface area (Å²) in [4.78, 5) is 15.0. The Morgan fingerprint density at radius 1 is 1.17 bits per heavy atom. The zero-order valence-corrected chi connectivity index (χ0v) is 17.8. The highest BCUT2D eigenvalue weighted by atomic mass is 127. The number of hydrogen-bond acceptors (Lipinski definition) is 2. The maximum atomic E-state index is 12.9. The molecular formula is C19H24IN2OP. The Hall–Kier alpha value is -0.970. The molecule has 0 spiro atoms. The van der Waals surface area contributed by atoms with Gasteiger partial charge in [0, 0.05) is 14.7 Å². The molecule has 0 saturated carbocycles. The van der Waals surface area contributed by atoms with Crippen LogP contribution in [0.5, 0.6) is 0 Å². The minimum atomic E-state index is -0.233. The number of hydrogen-bond donors (Lipinski definition) is 1. The zero-order valence-electron chi connectivity index (χ0n) is 14.5. The first-order valence-electron chi connectivity index (χ1n) is 7.81. The van der Waals surface area contributed by atoms with Gasteiger partial charge in [0.1, 0.15) is 0 Å². The average Bonchev–Trinajstić information content (AvgIpc) is 2.51. The number of benzene rings is 2. The topological polar surface area (TPSA) is 32.3 Å². The van der Waals surface area contributed by atoms with E-state index in [1.54, 1.807) is 0 Å². The lowest BCUT2D eigenvalue weighted by Crippen LogP contribution is -2.50. The summed E-state index contributed by atoms with van der Waals surface area (Å²) in [5.74, 6) is -0.0546. The second-order valence-corrected chi connectivity index (χ2v) is 8.55. The molecule has 1 amide bonds. The van der Waals surface area contributed by atoms with Gasteiger partial charge in [-0.1, -0.05) is 30.3 Å². The van der Waals surface area contributed by atoms with Gasteiger partial charge in [0.15, 0.2) is 0 Å². The molecule has 0 aromatic heterocycles. The van der Waals surface area contributed by atoms with Gasteiger partial charge in [-0.25, -0.2) is 0 Å². The monoisotopic (exact) mass is 454 g/mol. The Balaban J connectivity index is 2.37. The van der Waals surface area contributed by atoms with E-state index in [1.807, 2.05) is 50.5 Å². The smallest absolute Gasteiger partial charge is 0.251 e. The largest absolute Gasteiger partial charge is 0.343 e. The van der Waals surface area contributed by atoms with Crippen LogP contribution in [0.2, 0.25) is 0 Å². The highest BCUT2D eigenvalue weighted by molar-refractivity contribution is 14.1. The molecule has 0 aliphatic carbocycles. The molecule has 1 N–H and O–H groups in total. The van der Waals surface area contributed by atoms with Crippen molar-refractivity contribution < 1.29 is 4.79 Å². The van der Waals surface area contributed by atoms with Gasteiger partial charge < -0.3 is 10.2 Å². The van der Waals surface area contributed by atoms with Gasteiger partial charge in [-0.05, 0) is 79.6 Å². The number of likely N-dealkylation sites (N-methyl/N-ethyl adjacent to an activating group) is 1. The molecule has 2 unspecified atom stereocenters. The number of amides is 1. The molecule has 0 aliphatic heterocycles. The molecule has 0 radical (unpaired) electrons. The highest BCUT2D eigenvalue weighted by Gasteiger charge is 2.34. The lowest BCUT2D eigenvalue weighted by molar-refractivity contribution is 0.0840. The van der Waals surface area contributed by atoms with E-state index in [0.717, 1.165) is 14.4 Å². The summed E-state index contributed by atoms with van der Waals surface area (Å²) >= 11 is 2.23. The number of nitrogens with zero attached hydrogens (tertiary/aromatic N) is 1. The van der Waals surface area contributed by atoms with Crippen LogP contribution in [0.25, 0.3) is 0 Å². The summed E-state index contributed by atoms with van der Waals surface area (Å²) in [5.41, 5.74) is 1.55. The molecule has 0 saturated heterocycles. The first-order valence-corrected chi connectivity index (χ1v) is 9.46. The second kappa shape index (κ2) is 7.94. The molecule has 0 bridgehead atoms. The number of carbonyl (C=O) groups is 1. The maximum absolute atomic E-state index is 12.9. The normalized spacial score (nSPS) is 13.0. The van der Waals surface area contributed by atoms with Crippen molar-refractivity contribution in [2.75, 3.05) is 14.1 Å². The quantitative estimate of drug-likeness (QED) is 0.554. The van der Waals surface area contributed by atoms with Crippen LogP contribution in [-0.2, 0) is 0 Å². The molecule has 0 aliphatic rings. The van der Waals surface area contributed by atoms with E-state index in [1.165, 1.54) is 0 Å². The number of rotatable bonds is 5. The van der Waals surface area contributed by atoms with E-state index >= 15 is 0 Å². The van der Waals surface area contributed by atoms with Gasteiger partial charge in [-0.2, -0.15) is 0 Å². The van der Waals surface area contributed by atoms with Gasteiger partial charge in [0.05, 0.1) is 6.04 Å². The Morgan fingerprint density at radius 2 is 1.79 bits per heavy atom. The van der Waals surface area contributed by atoms with Crippen LogP contribution >= 0.6 is 31.8 Å². The molecule has 0 fully saturated rings. The van der Waals surface area contributed by atoms with Crippen LogP contribution < -0.4 is 10.6 Å². The van der Waals surface area contributed by atoms with Crippen molar-refractivity contribution >= 4 is 43.0 Å². The highest BCUT2D eigenvalue weighted by Crippen LogP contribution is 2.29. The molecular weight excluding hydrogens is 430 g/mol. The minimum absolute atomic E-state index is 0.0546. The Kier molecular flexibility index (Phi) is 6.40. The Labute approximate surface area is 160 Å². The summed E-state index contributed by atoms with van der Waals surface area (Å²) in [6.45, 7) is 4.28. The number of halogens is 1. The maximum Gasteiger partial charge on any atom is 0.251 e. The third-order valence-corrected chi connectivity index (χ3v) is 5.41. The van der Waals surface area contributed by atoms with Gasteiger partial charge in [0.25, 0.3) is 5.91 Å². The fourth-order valence-electron chi connectivity index (χ4n) is 2.53. The zero-order chi connectivity index (χ0) is 17.9. The van der Waals surface area contributed by atoms with Gasteiger partial charge in [-0.3, -0.25) is 4.79 Å². The van der Waals surface area contributed by atoms with Crippen molar-refractivity contribution in [1.82, 2.24) is 10.2 Å². The first-order chi connectivity index (χ1) is 11.2. The predicted octanol–water partition coefficient (Wildman–Crippen LogP) is 3.60. The number of nitrogens with one attached hydrogen (secondary N) is 1. The van der Waals surface area contributed by atoms with Gasteiger partial charge in [-0.15, -0.1) is 9.24 Å². The van der Waals surface area contributed by atoms with E-state index in [2.05, 4.69) is 68.0 Å². The van der Waals surface area contributed by atoms with Crippen molar-refractivity contribution in [2.24, 2.45) is 0 Å². The first kappa shape index (κ1) is 19.4. The van der Waals surface area contributed by atoms with E-state index in [9.17, 15) is 4.79 Å². The lowest BCUT2D eigenvalue weighted by Gasteiger charge is -2.40. The standard InChI is InChI=1S/C19H24IN2OP/c1-19(2,22(3)4)17(13-8-6-5-7-9-13)21-18(23)14-10-15(20)12-16(24)11-14/h5-12,17H,24H2,1-4H3,(H,21,23). The van der Waals surface area contributed by atoms with E-state index < -0.39 is 0 Å². The minimum Gasteiger partial charge on any atom is -0.343 e. The van der Waals surface area contributed by atoms with Crippen molar-refractivity contribution in [3.05, 3.63) is 63.2 Å². The van der Waals surface area contributed by atoms with Crippen molar-refractivity contribution in [2.45, 2.75) is 25.4 Å². The molecule has 128 valence electrons. The summed E-state index contributed by atoms with van der Waals surface area (Å²) in [6.07, 6.45) is 0. The van der Waals surface area contributed by atoms with Crippen molar-refractivity contribution in [3.63, 3.8) is 0 Å². The van der Waals surface area contributed by atoms with Crippen molar-refractivity contribution in [3.8, 4) is 0 Å². The van der Waals surface area contributed by atoms with Crippen LogP contribution in [0.3, 0.4) is 0 Å². The van der Waals surface area contributed by atoms with Crippen LogP contribution in [0.4, 0.5) is 0 Å². The van der Waals surface area contributed by atoms with E-state index in [4.69, 9.17) is 0 Å². The van der Waals surface area contributed by atoms with E-state index in [-0.39, 0.29) is 17.5 Å². The lowest BCUT2D eigenvalue weighted by atomic mass is 9.87. The summed E-state index contributed by atoms with van der Waals surface area (Å²) in [7, 11) is 6.73. The van der Waals surface area contributed by atoms with Crippen LogP contribution in [0, 0.1) is 3.57 Å².